The fourth-order valence-electron chi connectivity index (χ4n) is 1.67. The smallest absolute Gasteiger partial charge is 0.207 e. The second-order valence-corrected chi connectivity index (χ2v) is 8.22. The minimum Gasteiger partial charge on any atom is -0.207 e. The lowest BCUT2D eigenvalue weighted by atomic mass is 9.88. The van der Waals surface area contributed by atoms with E-state index >= 15 is 0 Å². The number of hydrogen-bond donors (Lipinski definition) is 0. The van der Waals surface area contributed by atoms with Gasteiger partial charge >= 0.3 is 0 Å². The van der Waals surface area contributed by atoms with Gasteiger partial charge in [-0.1, -0.05) is 32.4 Å². The Balaban J connectivity index is 3.25. The molecule has 0 saturated carbocycles. The molecule has 0 aliphatic rings. The summed E-state index contributed by atoms with van der Waals surface area (Å²) < 4.78 is 26.5. The van der Waals surface area contributed by atoms with E-state index in [1.807, 2.05) is 33.8 Å². The quantitative estimate of drug-likeness (QED) is 0.860. The summed E-state index contributed by atoms with van der Waals surface area (Å²) in [5.41, 5.74) is 0.0789. The van der Waals surface area contributed by atoms with Gasteiger partial charge in [-0.2, -0.15) is 9.57 Å². The molecule has 1 aromatic rings. The lowest BCUT2D eigenvalue weighted by Gasteiger charge is -2.34. The predicted molar refractivity (Wildman–Crippen MR) is 80.0 cm³/mol. The Bertz CT molecular complexity index is 642. The fourth-order valence-corrected chi connectivity index (χ4v) is 3.53. The highest BCUT2D eigenvalue weighted by atomic mass is 35.5. The second kappa shape index (κ2) is 5.72. The summed E-state index contributed by atoms with van der Waals surface area (Å²) in [6.07, 6.45) is 0. The SMILES string of the molecule is CC(N(C)S(=O)(=O)c1ccc(C#N)c(Cl)c1)C(C)(C)C. The van der Waals surface area contributed by atoms with Crippen molar-refractivity contribution in [2.75, 3.05) is 7.05 Å². The Morgan fingerprint density at radius 2 is 1.90 bits per heavy atom. The van der Waals surface area contributed by atoms with Crippen molar-refractivity contribution in [3.8, 4) is 6.07 Å². The van der Waals surface area contributed by atoms with E-state index < -0.39 is 10.0 Å². The molecular weight excluding hydrogens is 296 g/mol. The molecule has 1 aromatic carbocycles. The van der Waals surface area contributed by atoms with Crippen molar-refractivity contribution in [3.05, 3.63) is 28.8 Å². The van der Waals surface area contributed by atoms with Crippen LogP contribution < -0.4 is 0 Å². The van der Waals surface area contributed by atoms with Gasteiger partial charge in [-0.25, -0.2) is 8.42 Å². The summed E-state index contributed by atoms with van der Waals surface area (Å²) >= 11 is 5.90. The van der Waals surface area contributed by atoms with Gasteiger partial charge in [-0.05, 0) is 30.5 Å². The van der Waals surface area contributed by atoms with Gasteiger partial charge in [0.2, 0.25) is 10.0 Å². The molecule has 1 atom stereocenters. The zero-order valence-corrected chi connectivity index (χ0v) is 13.9. The van der Waals surface area contributed by atoms with E-state index in [1.165, 1.54) is 22.5 Å². The van der Waals surface area contributed by atoms with Crippen molar-refractivity contribution in [2.45, 2.75) is 38.6 Å². The molecule has 0 aromatic heterocycles. The van der Waals surface area contributed by atoms with Crippen LogP contribution in [0.3, 0.4) is 0 Å². The van der Waals surface area contributed by atoms with E-state index in [1.54, 1.807) is 7.05 Å². The van der Waals surface area contributed by atoms with Crippen molar-refractivity contribution < 1.29 is 8.42 Å². The fraction of sp³-hybridized carbons (Fsp3) is 0.500. The third-order valence-corrected chi connectivity index (χ3v) is 5.77. The first-order valence-corrected chi connectivity index (χ1v) is 8.01. The van der Waals surface area contributed by atoms with Gasteiger partial charge in [0.05, 0.1) is 15.5 Å². The zero-order valence-electron chi connectivity index (χ0n) is 12.3. The summed E-state index contributed by atoms with van der Waals surface area (Å²) in [5.74, 6) is 0. The summed E-state index contributed by atoms with van der Waals surface area (Å²) in [7, 11) is -2.08. The average Bonchev–Trinajstić information content (AvgIpc) is 2.35. The number of sulfonamides is 1. The molecule has 0 radical (unpaired) electrons. The molecular formula is C14H19ClN2O2S. The van der Waals surface area contributed by atoms with Crippen LogP contribution in [0.4, 0.5) is 0 Å². The molecule has 0 heterocycles. The van der Waals surface area contributed by atoms with Crippen LogP contribution in [0.25, 0.3) is 0 Å². The molecule has 20 heavy (non-hydrogen) atoms. The first kappa shape index (κ1) is 17.0. The molecule has 0 spiro atoms. The maximum absolute atomic E-state index is 12.6. The van der Waals surface area contributed by atoms with Crippen molar-refractivity contribution in [1.82, 2.24) is 4.31 Å². The highest BCUT2D eigenvalue weighted by Crippen LogP contribution is 2.29. The van der Waals surface area contributed by atoms with Crippen LogP contribution in [0.1, 0.15) is 33.3 Å². The molecule has 1 unspecified atom stereocenters. The van der Waals surface area contributed by atoms with E-state index in [0.29, 0.717) is 0 Å². The number of halogens is 1. The maximum Gasteiger partial charge on any atom is 0.243 e. The topological polar surface area (TPSA) is 61.2 Å². The van der Waals surface area contributed by atoms with Gasteiger partial charge in [0.1, 0.15) is 6.07 Å². The molecule has 0 aliphatic carbocycles. The standard InChI is InChI=1S/C14H19ClN2O2S/c1-10(14(2,3)4)17(5)20(18,19)12-7-6-11(9-16)13(15)8-12/h6-8,10H,1-5H3. The summed E-state index contributed by atoms with van der Waals surface area (Å²) in [6, 6.07) is 5.88. The van der Waals surface area contributed by atoms with Crippen LogP contribution in [0.15, 0.2) is 23.1 Å². The molecule has 0 fully saturated rings. The van der Waals surface area contributed by atoms with Crippen LogP contribution >= 0.6 is 11.6 Å². The van der Waals surface area contributed by atoms with Crippen LogP contribution in [0.2, 0.25) is 5.02 Å². The number of nitrogens with zero attached hydrogens (tertiary/aromatic N) is 2. The minimum atomic E-state index is -3.63. The summed E-state index contributed by atoms with van der Waals surface area (Å²) in [4.78, 5) is 0.0973. The third-order valence-electron chi connectivity index (χ3n) is 3.54. The highest BCUT2D eigenvalue weighted by Gasteiger charge is 2.32. The van der Waals surface area contributed by atoms with E-state index in [9.17, 15) is 8.42 Å². The monoisotopic (exact) mass is 314 g/mol. The predicted octanol–water partition coefficient (Wildman–Crippen LogP) is 3.27. The van der Waals surface area contributed by atoms with Crippen molar-refractivity contribution in [3.63, 3.8) is 0 Å². The second-order valence-electron chi connectivity index (χ2n) is 5.82. The molecule has 110 valence electrons. The number of rotatable bonds is 3. The van der Waals surface area contributed by atoms with E-state index in [4.69, 9.17) is 16.9 Å². The molecule has 0 aliphatic heterocycles. The van der Waals surface area contributed by atoms with Crippen molar-refractivity contribution in [2.24, 2.45) is 5.41 Å². The van der Waals surface area contributed by atoms with Crippen LogP contribution in [0.5, 0.6) is 0 Å². The minimum absolute atomic E-state index is 0.0973. The molecule has 0 saturated heterocycles. The Kier molecular flexibility index (Phi) is 4.86. The Hall–Kier alpha value is -1.09. The van der Waals surface area contributed by atoms with Gasteiger partial charge in [0, 0.05) is 13.1 Å². The van der Waals surface area contributed by atoms with Crippen molar-refractivity contribution in [1.29, 1.82) is 5.26 Å². The molecule has 6 heteroatoms. The number of hydrogen-bond acceptors (Lipinski definition) is 3. The largest absolute Gasteiger partial charge is 0.243 e. The van der Waals surface area contributed by atoms with Gasteiger partial charge in [0.25, 0.3) is 0 Å². The zero-order chi connectivity index (χ0) is 15.7. The van der Waals surface area contributed by atoms with Gasteiger partial charge in [-0.15, -0.1) is 0 Å². The van der Waals surface area contributed by atoms with Crippen LogP contribution in [0, 0.1) is 16.7 Å². The van der Waals surface area contributed by atoms with E-state index in [-0.39, 0.29) is 26.9 Å². The molecule has 0 N–H and O–H groups in total. The Morgan fingerprint density at radius 3 is 2.30 bits per heavy atom. The van der Waals surface area contributed by atoms with Gasteiger partial charge in [-0.3, -0.25) is 0 Å². The van der Waals surface area contributed by atoms with E-state index in [0.717, 1.165) is 0 Å². The molecule has 1 rings (SSSR count). The Labute approximate surface area is 126 Å². The Morgan fingerprint density at radius 1 is 1.35 bits per heavy atom. The maximum atomic E-state index is 12.6. The normalized spacial score (nSPS) is 14.1. The molecule has 0 amide bonds. The van der Waals surface area contributed by atoms with Gasteiger partial charge < -0.3 is 0 Å². The first-order chi connectivity index (χ1) is 9.01. The lowest BCUT2D eigenvalue weighted by Crippen LogP contribution is -2.42. The third kappa shape index (κ3) is 3.32. The van der Waals surface area contributed by atoms with Crippen LogP contribution in [-0.2, 0) is 10.0 Å². The van der Waals surface area contributed by atoms with E-state index in [2.05, 4.69) is 0 Å². The number of nitriles is 1. The molecule has 4 nitrogen and oxygen atoms in total. The van der Waals surface area contributed by atoms with Crippen LogP contribution in [-0.4, -0.2) is 25.8 Å². The van der Waals surface area contributed by atoms with Gasteiger partial charge in [0.15, 0.2) is 0 Å². The number of benzene rings is 1. The summed E-state index contributed by atoms with van der Waals surface area (Å²) in [6.45, 7) is 7.81. The highest BCUT2D eigenvalue weighted by molar-refractivity contribution is 7.89. The molecule has 0 bridgehead atoms. The average molecular weight is 315 g/mol. The first-order valence-electron chi connectivity index (χ1n) is 6.19. The van der Waals surface area contributed by atoms with Crippen molar-refractivity contribution >= 4 is 21.6 Å². The summed E-state index contributed by atoms with van der Waals surface area (Å²) in [5, 5.41) is 8.97. The lowest BCUT2D eigenvalue weighted by molar-refractivity contribution is 0.216.